The largest absolute Gasteiger partial charge is 0.369 e. The highest BCUT2D eigenvalue weighted by atomic mass is 19.1. The summed E-state index contributed by atoms with van der Waals surface area (Å²) >= 11 is 0. The van der Waals surface area contributed by atoms with Gasteiger partial charge in [-0.2, -0.15) is 10.5 Å². The van der Waals surface area contributed by atoms with E-state index in [2.05, 4.69) is 6.07 Å². The molecule has 1 saturated heterocycles. The Labute approximate surface area is 135 Å². The minimum Gasteiger partial charge on any atom is -0.369 e. The fourth-order valence-electron chi connectivity index (χ4n) is 2.77. The maximum Gasteiger partial charge on any atom is 0.226 e. The van der Waals surface area contributed by atoms with Gasteiger partial charge in [-0.3, -0.25) is 4.79 Å². The van der Waals surface area contributed by atoms with E-state index >= 15 is 0 Å². The van der Waals surface area contributed by atoms with E-state index < -0.39 is 11.9 Å². The van der Waals surface area contributed by atoms with Crippen molar-refractivity contribution in [2.24, 2.45) is 5.92 Å². The molecule has 0 spiro atoms. The lowest BCUT2D eigenvalue weighted by atomic mass is 9.94. The third kappa shape index (κ3) is 3.60. The summed E-state index contributed by atoms with van der Waals surface area (Å²) in [6.45, 7) is 2.85. The Kier molecular flexibility index (Phi) is 5.18. The first-order chi connectivity index (χ1) is 11.0. The lowest BCUT2D eigenvalue weighted by Gasteiger charge is -2.35. The standard InChI is InChI=1S/C17H19FN4O/c1-12(10-19)21(2)17(23)14-5-7-22(8-6-14)16-4-3-13(11-20)9-15(16)18/h3-4,9,12,14H,5-8H2,1-2H3. The zero-order chi connectivity index (χ0) is 17.0. The van der Waals surface area contributed by atoms with Gasteiger partial charge in [0, 0.05) is 26.1 Å². The summed E-state index contributed by atoms with van der Waals surface area (Å²) in [4.78, 5) is 15.7. The summed E-state index contributed by atoms with van der Waals surface area (Å²) in [6, 6.07) is 7.96. The first-order valence-corrected chi connectivity index (χ1v) is 7.58. The number of amides is 1. The van der Waals surface area contributed by atoms with Gasteiger partial charge < -0.3 is 9.80 Å². The minimum atomic E-state index is -0.448. The Morgan fingerprint density at radius 3 is 2.57 bits per heavy atom. The summed E-state index contributed by atoms with van der Waals surface area (Å²) in [5.74, 6) is -0.573. The molecule has 5 nitrogen and oxygen atoms in total. The molecule has 1 amide bonds. The molecule has 0 aromatic heterocycles. The second kappa shape index (κ2) is 7.11. The third-order valence-corrected chi connectivity index (χ3v) is 4.38. The lowest BCUT2D eigenvalue weighted by Crippen LogP contribution is -2.44. The summed E-state index contributed by atoms with van der Waals surface area (Å²) in [7, 11) is 1.64. The number of halogens is 1. The van der Waals surface area contributed by atoms with E-state index in [9.17, 15) is 9.18 Å². The molecule has 1 fully saturated rings. The molecule has 1 aliphatic rings. The molecule has 0 radical (unpaired) electrons. The van der Waals surface area contributed by atoms with Crippen molar-refractivity contribution in [3.63, 3.8) is 0 Å². The lowest BCUT2D eigenvalue weighted by molar-refractivity contribution is -0.135. The summed E-state index contributed by atoms with van der Waals surface area (Å²) < 4.78 is 14.1. The Morgan fingerprint density at radius 1 is 1.39 bits per heavy atom. The van der Waals surface area contributed by atoms with Gasteiger partial charge in [-0.25, -0.2) is 4.39 Å². The van der Waals surface area contributed by atoms with Gasteiger partial charge in [0.1, 0.15) is 11.9 Å². The van der Waals surface area contributed by atoms with Crippen molar-refractivity contribution in [3.8, 4) is 12.1 Å². The van der Waals surface area contributed by atoms with E-state index in [1.807, 2.05) is 11.0 Å². The van der Waals surface area contributed by atoms with Gasteiger partial charge in [-0.05, 0) is 38.0 Å². The van der Waals surface area contributed by atoms with Gasteiger partial charge in [-0.1, -0.05) is 0 Å². The predicted octanol–water partition coefficient (Wildman–Crippen LogP) is 2.28. The molecule has 2 rings (SSSR count). The fraction of sp³-hybridized carbons (Fsp3) is 0.471. The fourth-order valence-corrected chi connectivity index (χ4v) is 2.77. The second-order valence-corrected chi connectivity index (χ2v) is 5.79. The summed E-state index contributed by atoms with van der Waals surface area (Å²) in [5, 5.41) is 17.7. The maximum atomic E-state index is 14.1. The summed E-state index contributed by atoms with van der Waals surface area (Å²) in [5.41, 5.74) is 0.761. The normalized spacial score (nSPS) is 16.3. The number of rotatable bonds is 3. The quantitative estimate of drug-likeness (QED) is 0.858. The molecule has 1 atom stereocenters. The monoisotopic (exact) mass is 314 g/mol. The van der Waals surface area contributed by atoms with E-state index in [0.29, 0.717) is 37.2 Å². The van der Waals surface area contributed by atoms with Crippen LogP contribution < -0.4 is 4.90 Å². The minimum absolute atomic E-state index is 0.0287. The van der Waals surface area contributed by atoms with Crippen LogP contribution in [0.1, 0.15) is 25.3 Å². The smallest absolute Gasteiger partial charge is 0.226 e. The molecule has 1 aromatic carbocycles. The van der Waals surface area contributed by atoms with E-state index in [4.69, 9.17) is 10.5 Å². The Morgan fingerprint density at radius 2 is 2.04 bits per heavy atom. The molecular weight excluding hydrogens is 295 g/mol. The van der Waals surface area contributed by atoms with Gasteiger partial charge in [-0.15, -0.1) is 0 Å². The number of carbonyl (C=O) groups is 1. The van der Waals surface area contributed by atoms with Gasteiger partial charge >= 0.3 is 0 Å². The third-order valence-electron chi connectivity index (χ3n) is 4.38. The van der Waals surface area contributed by atoms with Crippen molar-refractivity contribution >= 4 is 11.6 Å². The van der Waals surface area contributed by atoms with Crippen molar-refractivity contribution in [2.75, 3.05) is 25.0 Å². The van der Waals surface area contributed by atoms with Gasteiger partial charge in [0.2, 0.25) is 5.91 Å². The van der Waals surface area contributed by atoms with Crippen LogP contribution in [0.2, 0.25) is 0 Å². The van der Waals surface area contributed by atoms with Crippen molar-refractivity contribution in [1.29, 1.82) is 10.5 Å². The highest BCUT2D eigenvalue weighted by Gasteiger charge is 2.29. The van der Waals surface area contributed by atoms with Crippen LogP contribution in [0.3, 0.4) is 0 Å². The first-order valence-electron chi connectivity index (χ1n) is 7.58. The predicted molar refractivity (Wildman–Crippen MR) is 83.9 cm³/mol. The average molecular weight is 314 g/mol. The van der Waals surface area contributed by atoms with Gasteiger partial charge in [0.25, 0.3) is 0 Å². The van der Waals surface area contributed by atoms with E-state index in [1.54, 1.807) is 26.1 Å². The molecule has 1 aliphatic heterocycles. The van der Waals surface area contributed by atoms with Crippen LogP contribution >= 0.6 is 0 Å². The van der Waals surface area contributed by atoms with Crippen LogP contribution in [0.15, 0.2) is 18.2 Å². The molecule has 23 heavy (non-hydrogen) atoms. The van der Waals surface area contributed by atoms with Gasteiger partial charge in [0.15, 0.2) is 0 Å². The zero-order valence-electron chi connectivity index (χ0n) is 13.3. The van der Waals surface area contributed by atoms with Crippen LogP contribution in [-0.2, 0) is 4.79 Å². The van der Waals surface area contributed by atoms with Crippen molar-refractivity contribution in [1.82, 2.24) is 4.90 Å². The van der Waals surface area contributed by atoms with Crippen LogP contribution in [0.5, 0.6) is 0 Å². The molecular formula is C17H19FN4O. The zero-order valence-corrected chi connectivity index (χ0v) is 13.3. The molecule has 0 bridgehead atoms. The number of carbonyl (C=O) groups excluding carboxylic acids is 1. The maximum absolute atomic E-state index is 14.1. The Bertz CT molecular complexity index is 668. The molecule has 0 N–H and O–H groups in total. The highest BCUT2D eigenvalue weighted by molar-refractivity contribution is 5.79. The van der Waals surface area contributed by atoms with E-state index in [0.717, 1.165) is 0 Å². The second-order valence-electron chi connectivity index (χ2n) is 5.79. The van der Waals surface area contributed by atoms with Crippen molar-refractivity contribution in [3.05, 3.63) is 29.6 Å². The van der Waals surface area contributed by atoms with Gasteiger partial charge in [0.05, 0.1) is 23.4 Å². The number of nitrogens with zero attached hydrogens (tertiary/aromatic N) is 4. The molecule has 6 heteroatoms. The number of hydrogen-bond donors (Lipinski definition) is 0. The molecule has 1 aromatic rings. The number of benzene rings is 1. The molecule has 1 heterocycles. The van der Waals surface area contributed by atoms with Crippen LogP contribution in [0, 0.1) is 34.4 Å². The number of nitriles is 2. The van der Waals surface area contributed by atoms with E-state index in [1.165, 1.54) is 11.0 Å². The van der Waals surface area contributed by atoms with Crippen LogP contribution in [0.25, 0.3) is 0 Å². The molecule has 0 saturated carbocycles. The summed E-state index contributed by atoms with van der Waals surface area (Å²) in [6.07, 6.45) is 1.25. The van der Waals surface area contributed by atoms with Crippen molar-refractivity contribution in [2.45, 2.75) is 25.8 Å². The molecule has 0 aliphatic carbocycles. The molecule has 1 unspecified atom stereocenters. The number of hydrogen-bond acceptors (Lipinski definition) is 4. The SMILES string of the molecule is CC(C#N)N(C)C(=O)C1CCN(c2ccc(C#N)cc2F)CC1. The Hall–Kier alpha value is -2.60. The number of anilines is 1. The van der Waals surface area contributed by atoms with E-state index in [-0.39, 0.29) is 11.8 Å². The van der Waals surface area contributed by atoms with Crippen LogP contribution in [0.4, 0.5) is 10.1 Å². The topological polar surface area (TPSA) is 71.1 Å². The number of piperidine rings is 1. The average Bonchev–Trinajstić information content (AvgIpc) is 2.59. The van der Waals surface area contributed by atoms with Crippen LogP contribution in [-0.4, -0.2) is 37.0 Å². The molecule has 120 valence electrons. The van der Waals surface area contributed by atoms with Crippen molar-refractivity contribution < 1.29 is 9.18 Å². The highest BCUT2D eigenvalue weighted by Crippen LogP contribution is 2.27. The first kappa shape index (κ1) is 16.8. The Balaban J connectivity index is 2.00.